The van der Waals surface area contributed by atoms with Crippen LogP contribution < -0.4 is 5.73 Å². The van der Waals surface area contributed by atoms with Crippen molar-refractivity contribution in [1.82, 2.24) is 0 Å². The van der Waals surface area contributed by atoms with Gasteiger partial charge in [-0.2, -0.15) is 0 Å². The van der Waals surface area contributed by atoms with E-state index in [2.05, 4.69) is 19.1 Å². The van der Waals surface area contributed by atoms with Crippen LogP contribution in [0.5, 0.6) is 0 Å². The second-order valence-corrected chi connectivity index (χ2v) is 4.56. The van der Waals surface area contributed by atoms with Gasteiger partial charge in [0.25, 0.3) is 0 Å². The molecule has 0 radical (unpaired) electrons. The lowest BCUT2D eigenvalue weighted by Crippen LogP contribution is -2.00. The minimum atomic E-state index is -0.582. The number of aliphatic hydroxyl groups is 1. The first-order valence-electron chi connectivity index (χ1n) is 6.33. The molecule has 0 aromatic heterocycles. The number of nitrogen functional groups attached to an aromatic ring is 1. The maximum atomic E-state index is 10.3. The monoisotopic (exact) mass is 241 g/mol. The molecule has 0 saturated heterocycles. The second kappa shape index (κ2) is 5.69. The molecule has 0 aliphatic carbocycles. The van der Waals surface area contributed by atoms with E-state index in [9.17, 15) is 5.11 Å². The molecule has 94 valence electrons. The summed E-state index contributed by atoms with van der Waals surface area (Å²) < 4.78 is 0. The van der Waals surface area contributed by atoms with Gasteiger partial charge < -0.3 is 10.8 Å². The van der Waals surface area contributed by atoms with Crippen molar-refractivity contribution in [3.63, 3.8) is 0 Å². The summed E-state index contributed by atoms with van der Waals surface area (Å²) in [6.07, 6.45) is 1.64. The summed E-state index contributed by atoms with van der Waals surface area (Å²) in [7, 11) is 0. The van der Waals surface area contributed by atoms with Gasteiger partial charge in [0.05, 0.1) is 0 Å². The Labute approximate surface area is 108 Å². The smallest absolute Gasteiger partial charge is 0.104 e. The summed E-state index contributed by atoms with van der Waals surface area (Å²) in [4.78, 5) is 0. The lowest BCUT2D eigenvalue weighted by molar-refractivity contribution is 0.220. The van der Waals surface area contributed by atoms with Crippen molar-refractivity contribution in [2.75, 3.05) is 5.73 Å². The highest BCUT2D eigenvalue weighted by Gasteiger charge is 2.09. The topological polar surface area (TPSA) is 46.2 Å². The van der Waals surface area contributed by atoms with Crippen molar-refractivity contribution in [1.29, 1.82) is 0 Å². The third kappa shape index (κ3) is 2.90. The third-order valence-corrected chi connectivity index (χ3v) is 3.09. The number of aliphatic hydroxyl groups excluding tert-OH is 1. The van der Waals surface area contributed by atoms with Gasteiger partial charge in [-0.15, -0.1) is 0 Å². The van der Waals surface area contributed by atoms with E-state index in [1.54, 1.807) is 0 Å². The summed E-state index contributed by atoms with van der Waals surface area (Å²) in [5.41, 5.74) is 9.44. The Bertz CT molecular complexity index is 488. The average molecular weight is 241 g/mol. The molecule has 0 aliphatic heterocycles. The first-order valence-corrected chi connectivity index (χ1v) is 6.33. The van der Waals surface area contributed by atoms with Crippen LogP contribution in [0.2, 0.25) is 0 Å². The zero-order valence-corrected chi connectivity index (χ0v) is 10.6. The van der Waals surface area contributed by atoms with Gasteiger partial charge in [-0.25, -0.2) is 0 Å². The predicted octanol–water partition coefficient (Wildman–Crippen LogP) is 3.30. The summed E-state index contributed by atoms with van der Waals surface area (Å²) >= 11 is 0. The Morgan fingerprint density at radius 1 is 0.944 bits per heavy atom. The molecular weight excluding hydrogens is 222 g/mol. The quantitative estimate of drug-likeness (QED) is 0.807. The summed E-state index contributed by atoms with van der Waals surface area (Å²) in [5.74, 6) is 0. The van der Waals surface area contributed by atoms with Crippen LogP contribution in [0.25, 0.3) is 0 Å². The SMILES string of the molecule is CCCc1ccc(C(O)c2ccc(N)cc2)cc1. The van der Waals surface area contributed by atoms with Crippen molar-refractivity contribution in [3.8, 4) is 0 Å². The lowest BCUT2D eigenvalue weighted by Gasteiger charge is -2.12. The van der Waals surface area contributed by atoms with E-state index in [1.165, 1.54) is 5.56 Å². The zero-order chi connectivity index (χ0) is 13.0. The van der Waals surface area contributed by atoms with Crippen molar-refractivity contribution in [3.05, 3.63) is 65.2 Å². The largest absolute Gasteiger partial charge is 0.399 e. The van der Waals surface area contributed by atoms with Crippen LogP contribution in [0, 0.1) is 0 Å². The Morgan fingerprint density at radius 2 is 1.44 bits per heavy atom. The van der Waals surface area contributed by atoms with Crippen LogP contribution >= 0.6 is 0 Å². The number of nitrogens with two attached hydrogens (primary N) is 1. The fourth-order valence-corrected chi connectivity index (χ4v) is 2.03. The fraction of sp³-hybridized carbons (Fsp3) is 0.250. The van der Waals surface area contributed by atoms with Gasteiger partial charge in [0, 0.05) is 5.69 Å². The van der Waals surface area contributed by atoms with Gasteiger partial charge in [0.15, 0.2) is 0 Å². The minimum absolute atomic E-state index is 0.582. The predicted molar refractivity (Wildman–Crippen MR) is 75.4 cm³/mol. The maximum absolute atomic E-state index is 10.3. The molecule has 2 rings (SSSR count). The summed E-state index contributed by atoms with van der Waals surface area (Å²) in [6.45, 7) is 2.16. The molecule has 0 amide bonds. The van der Waals surface area contributed by atoms with Crippen molar-refractivity contribution >= 4 is 5.69 Å². The van der Waals surface area contributed by atoms with E-state index in [-0.39, 0.29) is 0 Å². The highest BCUT2D eigenvalue weighted by molar-refractivity contribution is 5.42. The number of aryl methyl sites for hydroxylation is 1. The lowest BCUT2D eigenvalue weighted by atomic mass is 9.99. The molecule has 2 nitrogen and oxygen atoms in total. The van der Waals surface area contributed by atoms with E-state index in [0.717, 1.165) is 24.0 Å². The Morgan fingerprint density at radius 3 is 1.94 bits per heavy atom. The van der Waals surface area contributed by atoms with Crippen molar-refractivity contribution < 1.29 is 5.11 Å². The number of hydrogen-bond donors (Lipinski definition) is 2. The van der Waals surface area contributed by atoms with E-state index < -0.39 is 6.10 Å². The van der Waals surface area contributed by atoms with Gasteiger partial charge in [-0.1, -0.05) is 49.7 Å². The molecule has 0 bridgehead atoms. The van der Waals surface area contributed by atoms with Crippen LogP contribution in [0.15, 0.2) is 48.5 Å². The second-order valence-electron chi connectivity index (χ2n) is 4.56. The number of benzene rings is 2. The van der Waals surface area contributed by atoms with Gasteiger partial charge in [-0.3, -0.25) is 0 Å². The first-order chi connectivity index (χ1) is 8.70. The van der Waals surface area contributed by atoms with Crippen LogP contribution in [0.4, 0.5) is 5.69 Å². The molecule has 0 spiro atoms. The highest BCUT2D eigenvalue weighted by Crippen LogP contribution is 2.23. The van der Waals surface area contributed by atoms with Crippen LogP contribution in [-0.4, -0.2) is 5.11 Å². The van der Waals surface area contributed by atoms with Crippen LogP contribution in [-0.2, 0) is 6.42 Å². The molecule has 3 N–H and O–H groups in total. The first kappa shape index (κ1) is 12.7. The van der Waals surface area contributed by atoms with Gasteiger partial charge in [0.2, 0.25) is 0 Å². The highest BCUT2D eigenvalue weighted by atomic mass is 16.3. The molecule has 2 aromatic carbocycles. The maximum Gasteiger partial charge on any atom is 0.104 e. The van der Waals surface area contributed by atoms with E-state index in [1.807, 2.05) is 36.4 Å². The molecular formula is C16H19NO. The Balaban J connectivity index is 2.17. The molecule has 0 saturated carbocycles. The van der Waals surface area contributed by atoms with Crippen molar-refractivity contribution in [2.24, 2.45) is 0 Å². The van der Waals surface area contributed by atoms with E-state index in [4.69, 9.17) is 5.73 Å². The average Bonchev–Trinajstić information content (AvgIpc) is 2.40. The zero-order valence-electron chi connectivity index (χ0n) is 10.6. The van der Waals surface area contributed by atoms with E-state index >= 15 is 0 Å². The number of hydrogen-bond acceptors (Lipinski definition) is 2. The van der Waals surface area contributed by atoms with Crippen LogP contribution in [0.3, 0.4) is 0 Å². The molecule has 18 heavy (non-hydrogen) atoms. The molecule has 1 atom stereocenters. The normalized spacial score (nSPS) is 12.3. The molecule has 0 fully saturated rings. The number of rotatable bonds is 4. The van der Waals surface area contributed by atoms with E-state index in [0.29, 0.717) is 5.69 Å². The summed E-state index contributed by atoms with van der Waals surface area (Å²) in [6, 6.07) is 15.5. The van der Waals surface area contributed by atoms with Gasteiger partial charge in [-0.05, 0) is 35.2 Å². The summed E-state index contributed by atoms with van der Waals surface area (Å²) in [5, 5.41) is 10.3. The standard InChI is InChI=1S/C16H19NO/c1-2-3-12-4-6-13(7-5-12)16(18)14-8-10-15(17)11-9-14/h4-11,16,18H,2-3,17H2,1H3. The third-order valence-electron chi connectivity index (χ3n) is 3.09. The molecule has 2 heteroatoms. The minimum Gasteiger partial charge on any atom is -0.399 e. The number of anilines is 1. The molecule has 2 aromatic rings. The molecule has 1 unspecified atom stereocenters. The van der Waals surface area contributed by atoms with Gasteiger partial charge >= 0.3 is 0 Å². The van der Waals surface area contributed by atoms with Crippen LogP contribution in [0.1, 0.15) is 36.1 Å². The Kier molecular flexibility index (Phi) is 4.00. The van der Waals surface area contributed by atoms with Crippen molar-refractivity contribution in [2.45, 2.75) is 25.9 Å². The molecule has 0 heterocycles. The Hall–Kier alpha value is -1.80. The fourth-order valence-electron chi connectivity index (χ4n) is 2.03. The van der Waals surface area contributed by atoms with Gasteiger partial charge in [0.1, 0.15) is 6.10 Å². The molecule has 0 aliphatic rings.